The number of carbonyl (C=O) groups is 2. The number of aromatic nitrogens is 3. The van der Waals surface area contributed by atoms with Crippen LogP contribution in [0.5, 0.6) is 0 Å². The van der Waals surface area contributed by atoms with Crippen molar-refractivity contribution in [2.45, 2.75) is 32.4 Å². The maximum absolute atomic E-state index is 12.3. The van der Waals surface area contributed by atoms with Gasteiger partial charge < -0.3 is 10.2 Å². The van der Waals surface area contributed by atoms with E-state index in [-0.39, 0.29) is 24.4 Å². The van der Waals surface area contributed by atoms with Crippen LogP contribution in [0.25, 0.3) is 5.69 Å². The highest BCUT2D eigenvalue weighted by Crippen LogP contribution is 2.17. The lowest BCUT2D eigenvalue weighted by Gasteiger charge is -2.22. The number of likely N-dealkylation sites (tertiary alicyclic amines) is 1. The fourth-order valence-electron chi connectivity index (χ4n) is 2.88. The Morgan fingerprint density at radius 2 is 2.09 bits per heavy atom. The average Bonchev–Trinajstić information content (AvgIpc) is 3.22. The second-order valence-corrected chi connectivity index (χ2v) is 5.54. The van der Waals surface area contributed by atoms with Gasteiger partial charge in [0.1, 0.15) is 12.4 Å². The van der Waals surface area contributed by atoms with Gasteiger partial charge in [-0.3, -0.25) is 14.2 Å². The molecule has 1 aromatic heterocycles. The van der Waals surface area contributed by atoms with Crippen LogP contribution in [0.4, 0.5) is 0 Å². The van der Waals surface area contributed by atoms with Crippen molar-refractivity contribution in [3.8, 4) is 5.69 Å². The molecule has 0 bridgehead atoms. The molecule has 2 amide bonds. The van der Waals surface area contributed by atoms with Gasteiger partial charge in [-0.05, 0) is 25.0 Å². The molecule has 2 heterocycles. The molecule has 7 heteroatoms. The molecule has 0 radical (unpaired) electrons. The summed E-state index contributed by atoms with van der Waals surface area (Å²) in [6.07, 6.45) is 3.18. The highest BCUT2D eigenvalue weighted by Gasteiger charge is 2.32. The Labute approximate surface area is 134 Å². The van der Waals surface area contributed by atoms with Crippen LogP contribution in [0, 0.1) is 0 Å². The summed E-state index contributed by atoms with van der Waals surface area (Å²) >= 11 is 0. The van der Waals surface area contributed by atoms with Gasteiger partial charge in [0.15, 0.2) is 5.82 Å². The molecule has 0 aliphatic carbocycles. The lowest BCUT2D eigenvalue weighted by Crippen LogP contribution is -2.45. The number of benzene rings is 1. The molecule has 3 rings (SSSR count). The standard InChI is InChI=1S/C16H19N5O2/c1-12(22)20-9-5-8-14(20)16(23)17-10-15-19-18-11-21(15)13-6-3-2-4-7-13/h2-4,6-7,11,14H,5,8-10H2,1H3,(H,17,23)/t14-/m1/s1. The largest absolute Gasteiger partial charge is 0.347 e. The molecule has 120 valence electrons. The molecule has 23 heavy (non-hydrogen) atoms. The minimum Gasteiger partial charge on any atom is -0.347 e. The van der Waals surface area contributed by atoms with Gasteiger partial charge in [-0.25, -0.2) is 0 Å². The van der Waals surface area contributed by atoms with Crippen molar-refractivity contribution in [2.24, 2.45) is 0 Å². The zero-order chi connectivity index (χ0) is 16.2. The number of carbonyl (C=O) groups excluding carboxylic acids is 2. The molecule has 1 aromatic carbocycles. The molecule has 1 N–H and O–H groups in total. The van der Waals surface area contributed by atoms with E-state index in [0.717, 1.165) is 12.1 Å². The van der Waals surface area contributed by atoms with Crippen molar-refractivity contribution in [3.63, 3.8) is 0 Å². The van der Waals surface area contributed by atoms with Crippen LogP contribution in [0.2, 0.25) is 0 Å². The molecule has 0 saturated carbocycles. The minimum atomic E-state index is -0.374. The third-order valence-electron chi connectivity index (χ3n) is 4.03. The van der Waals surface area contributed by atoms with E-state index in [1.807, 2.05) is 34.9 Å². The second kappa shape index (κ2) is 6.60. The molecule has 0 unspecified atom stereocenters. The zero-order valence-electron chi connectivity index (χ0n) is 13.0. The number of amides is 2. The number of hydrogen-bond acceptors (Lipinski definition) is 4. The maximum Gasteiger partial charge on any atom is 0.243 e. The zero-order valence-corrected chi connectivity index (χ0v) is 13.0. The van der Waals surface area contributed by atoms with Crippen LogP contribution in [0.1, 0.15) is 25.6 Å². The average molecular weight is 313 g/mol. The molecule has 1 fully saturated rings. The summed E-state index contributed by atoms with van der Waals surface area (Å²) in [5.74, 6) is 0.451. The van der Waals surface area contributed by atoms with E-state index in [2.05, 4.69) is 15.5 Å². The fraction of sp³-hybridized carbons (Fsp3) is 0.375. The molecular formula is C16H19N5O2. The van der Waals surface area contributed by atoms with E-state index < -0.39 is 0 Å². The quantitative estimate of drug-likeness (QED) is 0.909. The van der Waals surface area contributed by atoms with Crippen molar-refractivity contribution in [1.29, 1.82) is 0 Å². The Kier molecular flexibility index (Phi) is 4.36. The van der Waals surface area contributed by atoms with Crippen molar-refractivity contribution < 1.29 is 9.59 Å². The van der Waals surface area contributed by atoms with E-state index >= 15 is 0 Å². The molecule has 1 atom stereocenters. The van der Waals surface area contributed by atoms with Gasteiger partial charge in [-0.1, -0.05) is 18.2 Å². The monoisotopic (exact) mass is 313 g/mol. The number of rotatable bonds is 4. The van der Waals surface area contributed by atoms with E-state index in [1.165, 1.54) is 6.92 Å². The predicted molar refractivity (Wildman–Crippen MR) is 83.6 cm³/mol. The second-order valence-electron chi connectivity index (χ2n) is 5.54. The Morgan fingerprint density at radius 1 is 1.30 bits per heavy atom. The molecule has 0 spiro atoms. The first-order valence-corrected chi connectivity index (χ1v) is 7.66. The number of nitrogens with zero attached hydrogens (tertiary/aromatic N) is 4. The molecule has 1 saturated heterocycles. The summed E-state index contributed by atoms with van der Waals surface area (Å²) in [5.41, 5.74) is 0.938. The van der Waals surface area contributed by atoms with E-state index in [1.54, 1.807) is 11.2 Å². The Bertz CT molecular complexity index is 698. The smallest absolute Gasteiger partial charge is 0.243 e. The Hall–Kier alpha value is -2.70. The first-order chi connectivity index (χ1) is 11.2. The van der Waals surface area contributed by atoms with Crippen LogP contribution < -0.4 is 5.32 Å². The van der Waals surface area contributed by atoms with Crippen molar-refractivity contribution in [1.82, 2.24) is 25.0 Å². The van der Waals surface area contributed by atoms with E-state index in [4.69, 9.17) is 0 Å². The number of nitrogens with one attached hydrogen (secondary N) is 1. The topological polar surface area (TPSA) is 80.1 Å². The maximum atomic E-state index is 12.3. The van der Waals surface area contributed by atoms with Crippen LogP contribution in [0.15, 0.2) is 36.7 Å². The number of hydrogen-bond donors (Lipinski definition) is 1. The van der Waals surface area contributed by atoms with Crippen LogP contribution in [0.3, 0.4) is 0 Å². The summed E-state index contributed by atoms with van der Waals surface area (Å²) in [6, 6.07) is 9.32. The third-order valence-corrected chi connectivity index (χ3v) is 4.03. The summed E-state index contributed by atoms with van der Waals surface area (Å²) in [5, 5.41) is 10.8. The van der Waals surface area contributed by atoms with E-state index in [9.17, 15) is 9.59 Å². The first-order valence-electron chi connectivity index (χ1n) is 7.66. The predicted octanol–water partition coefficient (Wildman–Crippen LogP) is 0.894. The van der Waals surface area contributed by atoms with Crippen LogP contribution >= 0.6 is 0 Å². The van der Waals surface area contributed by atoms with Crippen molar-refractivity contribution in [3.05, 3.63) is 42.5 Å². The lowest BCUT2D eigenvalue weighted by atomic mass is 10.2. The summed E-state index contributed by atoms with van der Waals surface area (Å²) in [6.45, 7) is 2.42. The molecule has 1 aliphatic rings. The van der Waals surface area contributed by atoms with Gasteiger partial charge in [0.25, 0.3) is 0 Å². The highest BCUT2D eigenvalue weighted by molar-refractivity contribution is 5.87. The normalized spacial score (nSPS) is 17.3. The van der Waals surface area contributed by atoms with Gasteiger partial charge in [0.05, 0.1) is 6.54 Å². The molecule has 7 nitrogen and oxygen atoms in total. The molecule has 2 aromatic rings. The Morgan fingerprint density at radius 3 is 2.83 bits per heavy atom. The highest BCUT2D eigenvalue weighted by atomic mass is 16.2. The molecule has 1 aliphatic heterocycles. The summed E-state index contributed by atoms with van der Waals surface area (Å²) < 4.78 is 1.83. The van der Waals surface area contributed by atoms with Crippen LogP contribution in [-0.2, 0) is 16.1 Å². The summed E-state index contributed by atoms with van der Waals surface area (Å²) in [7, 11) is 0. The van der Waals surface area contributed by atoms with Gasteiger partial charge in [-0.2, -0.15) is 0 Å². The summed E-state index contributed by atoms with van der Waals surface area (Å²) in [4.78, 5) is 25.5. The Balaban J connectivity index is 1.66. The van der Waals surface area contributed by atoms with Gasteiger partial charge in [0.2, 0.25) is 11.8 Å². The first kappa shape index (κ1) is 15.2. The van der Waals surface area contributed by atoms with Crippen LogP contribution in [-0.4, -0.2) is 44.1 Å². The number of para-hydroxylation sites is 1. The van der Waals surface area contributed by atoms with Gasteiger partial charge in [-0.15, -0.1) is 10.2 Å². The SMILES string of the molecule is CC(=O)N1CCC[C@@H]1C(=O)NCc1nncn1-c1ccccc1. The van der Waals surface area contributed by atoms with E-state index in [0.29, 0.717) is 18.8 Å². The minimum absolute atomic E-state index is 0.0601. The van der Waals surface area contributed by atoms with Gasteiger partial charge in [0, 0.05) is 19.2 Å². The van der Waals surface area contributed by atoms with Crippen molar-refractivity contribution >= 4 is 11.8 Å². The molecular weight excluding hydrogens is 294 g/mol. The third kappa shape index (κ3) is 3.23. The van der Waals surface area contributed by atoms with Gasteiger partial charge >= 0.3 is 0 Å². The van der Waals surface area contributed by atoms with Crippen molar-refractivity contribution in [2.75, 3.05) is 6.54 Å². The lowest BCUT2D eigenvalue weighted by molar-refractivity contribution is -0.136. The fourth-order valence-corrected chi connectivity index (χ4v) is 2.88.